The highest BCUT2D eigenvalue weighted by atomic mass is 35.5. The number of aromatic nitrogens is 1. The van der Waals surface area contributed by atoms with Crippen molar-refractivity contribution in [2.24, 2.45) is 0 Å². The van der Waals surface area contributed by atoms with Gasteiger partial charge in [0, 0.05) is 28.7 Å². The SMILES string of the molecule is N#Cc1ccc(N2C(=O)C(=O)/C(=C(\O)c3cccc(Cl)c3)C2c2cccnc2)cc1. The van der Waals surface area contributed by atoms with Crippen LogP contribution in [-0.4, -0.2) is 21.8 Å². The number of ketones is 1. The standard InChI is InChI=1S/C23H14ClN3O3/c24-17-5-1-3-15(11-17)21(28)19-20(16-4-2-10-26-13-16)27(23(30)22(19)29)18-8-6-14(12-25)7-9-18/h1-11,13,20,28H/b21-19-. The van der Waals surface area contributed by atoms with Gasteiger partial charge < -0.3 is 5.11 Å². The van der Waals surface area contributed by atoms with Crippen LogP contribution in [0, 0.1) is 11.3 Å². The molecule has 0 saturated carbocycles. The van der Waals surface area contributed by atoms with E-state index in [0.717, 1.165) is 0 Å². The molecule has 0 bridgehead atoms. The zero-order valence-corrected chi connectivity index (χ0v) is 16.2. The minimum Gasteiger partial charge on any atom is -0.507 e. The van der Waals surface area contributed by atoms with Gasteiger partial charge in [0.05, 0.1) is 23.2 Å². The third-order valence-corrected chi connectivity index (χ3v) is 5.05. The molecule has 1 aromatic heterocycles. The third kappa shape index (κ3) is 3.32. The molecule has 0 spiro atoms. The average Bonchev–Trinajstić information content (AvgIpc) is 3.04. The number of nitriles is 1. The third-order valence-electron chi connectivity index (χ3n) is 4.82. The van der Waals surface area contributed by atoms with Gasteiger partial charge in [0.15, 0.2) is 0 Å². The number of rotatable bonds is 3. The molecular weight excluding hydrogens is 402 g/mol. The van der Waals surface area contributed by atoms with Crippen LogP contribution in [0.1, 0.15) is 22.7 Å². The summed E-state index contributed by atoms with van der Waals surface area (Å²) in [7, 11) is 0. The lowest BCUT2D eigenvalue weighted by atomic mass is 9.96. The van der Waals surface area contributed by atoms with E-state index in [1.54, 1.807) is 67.0 Å². The summed E-state index contributed by atoms with van der Waals surface area (Å²) in [4.78, 5) is 31.4. The molecule has 6 nitrogen and oxygen atoms in total. The molecule has 146 valence electrons. The molecule has 1 unspecified atom stereocenters. The molecule has 1 saturated heterocycles. The van der Waals surface area contributed by atoms with E-state index in [9.17, 15) is 14.7 Å². The van der Waals surface area contributed by atoms with E-state index < -0.39 is 17.7 Å². The number of anilines is 1. The van der Waals surface area contributed by atoms with E-state index in [1.807, 2.05) is 6.07 Å². The van der Waals surface area contributed by atoms with Crippen molar-refractivity contribution >= 4 is 34.7 Å². The van der Waals surface area contributed by atoms with Crippen LogP contribution in [0.25, 0.3) is 5.76 Å². The maximum absolute atomic E-state index is 13.0. The Kier molecular flexibility index (Phi) is 5.05. The summed E-state index contributed by atoms with van der Waals surface area (Å²) >= 11 is 6.03. The number of pyridine rings is 1. The normalized spacial score (nSPS) is 17.7. The first-order valence-electron chi connectivity index (χ1n) is 8.98. The Morgan fingerprint density at radius 1 is 1.10 bits per heavy atom. The first-order chi connectivity index (χ1) is 14.5. The molecule has 1 aliphatic heterocycles. The van der Waals surface area contributed by atoms with Crippen molar-refractivity contribution in [3.63, 3.8) is 0 Å². The Bertz CT molecular complexity index is 1210. The molecule has 1 aliphatic rings. The fraction of sp³-hybridized carbons (Fsp3) is 0.0435. The number of hydrogen-bond acceptors (Lipinski definition) is 5. The van der Waals surface area contributed by atoms with Crippen molar-refractivity contribution in [3.05, 3.63) is 100 Å². The Morgan fingerprint density at radius 3 is 2.50 bits per heavy atom. The van der Waals surface area contributed by atoms with Crippen LogP contribution < -0.4 is 4.90 Å². The molecule has 2 heterocycles. The minimum atomic E-state index is -0.884. The van der Waals surface area contributed by atoms with Gasteiger partial charge in [-0.15, -0.1) is 0 Å². The monoisotopic (exact) mass is 415 g/mol. The van der Waals surface area contributed by atoms with Crippen LogP contribution in [0.3, 0.4) is 0 Å². The number of benzene rings is 2. The number of hydrogen-bond donors (Lipinski definition) is 1. The molecule has 1 atom stereocenters. The highest BCUT2D eigenvalue weighted by Gasteiger charge is 2.47. The molecule has 2 aromatic carbocycles. The van der Waals surface area contributed by atoms with E-state index in [1.165, 1.54) is 11.0 Å². The second-order valence-electron chi connectivity index (χ2n) is 6.62. The van der Waals surface area contributed by atoms with Gasteiger partial charge in [0.2, 0.25) is 0 Å². The van der Waals surface area contributed by atoms with Crippen LogP contribution in [-0.2, 0) is 9.59 Å². The number of amides is 1. The van der Waals surface area contributed by atoms with Crippen molar-refractivity contribution in [1.82, 2.24) is 4.98 Å². The van der Waals surface area contributed by atoms with Crippen molar-refractivity contribution in [1.29, 1.82) is 5.26 Å². The molecular formula is C23H14ClN3O3. The zero-order chi connectivity index (χ0) is 21.3. The van der Waals surface area contributed by atoms with Gasteiger partial charge in [-0.2, -0.15) is 5.26 Å². The number of carbonyl (C=O) groups is 2. The maximum Gasteiger partial charge on any atom is 0.300 e. The predicted octanol–water partition coefficient (Wildman–Crippen LogP) is 4.23. The van der Waals surface area contributed by atoms with Crippen LogP contribution in [0.15, 0.2) is 78.6 Å². The van der Waals surface area contributed by atoms with Gasteiger partial charge in [-0.1, -0.05) is 29.8 Å². The Labute approximate surface area is 177 Å². The molecule has 0 aliphatic carbocycles. The summed E-state index contributed by atoms with van der Waals surface area (Å²) in [5.74, 6) is -1.91. The van der Waals surface area contributed by atoms with E-state index in [-0.39, 0.29) is 11.3 Å². The van der Waals surface area contributed by atoms with E-state index in [4.69, 9.17) is 16.9 Å². The van der Waals surface area contributed by atoms with E-state index in [0.29, 0.717) is 27.4 Å². The number of halogens is 1. The van der Waals surface area contributed by atoms with E-state index in [2.05, 4.69) is 4.98 Å². The molecule has 3 aromatic rings. The second-order valence-corrected chi connectivity index (χ2v) is 7.06. The summed E-state index contributed by atoms with van der Waals surface area (Å²) in [5.41, 5.74) is 1.68. The molecule has 1 N–H and O–H groups in total. The van der Waals surface area contributed by atoms with Gasteiger partial charge in [0.25, 0.3) is 11.7 Å². The van der Waals surface area contributed by atoms with Gasteiger partial charge in [-0.25, -0.2) is 0 Å². The minimum absolute atomic E-state index is 0.0559. The second kappa shape index (κ2) is 7.82. The Balaban J connectivity index is 1.93. The number of Topliss-reactive ketones (excluding diaryl/α,β-unsaturated/α-hetero) is 1. The topological polar surface area (TPSA) is 94.3 Å². The Hall–Kier alpha value is -3.95. The lowest BCUT2D eigenvalue weighted by molar-refractivity contribution is -0.132. The first kappa shape index (κ1) is 19.4. The zero-order valence-electron chi connectivity index (χ0n) is 15.5. The highest BCUT2D eigenvalue weighted by molar-refractivity contribution is 6.51. The summed E-state index contributed by atoms with van der Waals surface area (Å²) < 4.78 is 0. The fourth-order valence-electron chi connectivity index (χ4n) is 3.44. The predicted molar refractivity (Wildman–Crippen MR) is 112 cm³/mol. The molecule has 4 rings (SSSR count). The fourth-order valence-corrected chi connectivity index (χ4v) is 3.63. The van der Waals surface area contributed by atoms with Gasteiger partial charge in [-0.05, 0) is 48.0 Å². The average molecular weight is 416 g/mol. The number of aliphatic hydroxyl groups excluding tert-OH is 1. The highest BCUT2D eigenvalue weighted by Crippen LogP contribution is 2.42. The molecule has 1 fully saturated rings. The molecule has 1 amide bonds. The molecule has 30 heavy (non-hydrogen) atoms. The van der Waals surface area contributed by atoms with Gasteiger partial charge >= 0.3 is 0 Å². The summed E-state index contributed by atoms with van der Waals surface area (Å²) in [6.07, 6.45) is 3.12. The largest absolute Gasteiger partial charge is 0.507 e. The lowest BCUT2D eigenvalue weighted by Crippen LogP contribution is -2.29. The van der Waals surface area contributed by atoms with Crippen LogP contribution in [0.4, 0.5) is 5.69 Å². The summed E-state index contributed by atoms with van der Waals surface area (Å²) in [5, 5.41) is 20.4. The Morgan fingerprint density at radius 2 is 1.87 bits per heavy atom. The van der Waals surface area contributed by atoms with Crippen LogP contribution >= 0.6 is 11.6 Å². The maximum atomic E-state index is 13.0. The lowest BCUT2D eigenvalue weighted by Gasteiger charge is -2.25. The quantitative estimate of drug-likeness (QED) is 0.392. The summed E-state index contributed by atoms with van der Waals surface area (Å²) in [6.45, 7) is 0. The van der Waals surface area contributed by atoms with Crippen molar-refractivity contribution < 1.29 is 14.7 Å². The van der Waals surface area contributed by atoms with Crippen molar-refractivity contribution in [3.8, 4) is 6.07 Å². The number of carbonyl (C=O) groups excluding carboxylic acids is 2. The molecule has 0 radical (unpaired) electrons. The van der Waals surface area contributed by atoms with Gasteiger partial charge in [0.1, 0.15) is 5.76 Å². The first-order valence-corrected chi connectivity index (χ1v) is 9.36. The van der Waals surface area contributed by atoms with Crippen LogP contribution in [0.2, 0.25) is 5.02 Å². The number of aliphatic hydroxyl groups is 1. The summed E-state index contributed by atoms with van der Waals surface area (Å²) in [6, 6.07) is 17.3. The van der Waals surface area contributed by atoms with E-state index >= 15 is 0 Å². The smallest absolute Gasteiger partial charge is 0.300 e. The van der Waals surface area contributed by atoms with Crippen LogP contribution in [0.5, 0.6) is 0 Å². The van der Waals surface area contributed by atoms with Crippen molar-refractivity contribution in [2.75, 3.05) is 4.90 Å². The number of nitrogens with zero attached hydrogens (tertiary/aromatic N) is 3. The van der Waals surface area contributed by atoms with Crippen molar-refractivity contribution in [2.45, 2.75) is 6.04 Å². The van der Waals surface area contributed by atoms with Gasteiger partial charge in [-0.3, -0.25) is 19.5 Å². The molecule has 7 heteroatoms.